The molecular formula is C13H9Cl2FO. The number of hydrogen-bond acceptors (Lipinski definition) is 1. The fraction of sp³-hybridized carbons (Fsp3) is 0.0769. The zero-order valence-electron chi connectivity index (χ0n) is 8.75. The van der Waals surface area contributed by atoms with Crippen molar-refractivity contribution in [2.24, 2.45) is 0 Å². The summed E-state index contributed by atoms with van der Waals surface area (Å²) in [4.78, 5) is 0. The van der Waals surface area contributed by atoms with E-state index in [1.165, 1.54) is 6.07 Å². The maximum atomic E-state index is 13.3. The average Bonchev–Trinajstić information content (AvgIpc) is 2.31. The number of halogens is 3. The van der Waals surface area contributed by atoms with Crippen LogP contribution in [0.3, 0.4) is 0 Å². The molecule has 0 fully saturated rings. The third-order valence-corrected chi connectivity index (χ3v) is 3.10. The molecule has 0 saturated heterocycles. The highest BCUT2D eigenvalue weighted by molar-refractivity contribution is 6.39. The van der Waals surface area contributed by atoms with E-state index in [4.69, 9.17) is 28.3 Å². The molecule has 0 aromatic heterocycles. The second-order valence-corrected chi connectivity index (χ2v) is 4.38. The number of aliphatic hydroxyl groups excluding tert-OH is 1. The summed E-state index contributed by atoms with van der Waals surface area (Å²) in [6.07, 6.45) is 0. The van der Waals surface area contributed by atoms with Crippen molar-refractivity contribution in [1.29, 1.82) is 0 Å². The first-order valence-corrected chi connectivity index (χ1v) is 5.72. The largest absolute Gasteiger partial charge is 0.392 e. The number of aliphatic hydroxyl groups is 1. The van der Waals surface area contributed by atoms with E-state index in [0.29, 0.717) is 21.2 Å². The Morgan fingerprint density at radius 2 is 1.71 bits per heavy atom. The molecule has 0 bridgehead atoms. The maximum absolute atomic E-state index is 13.3. The van der Waals surface area contributed by atoms with Crippen LogP contribution in [0.1, 0.15) is 5.56 Å². The smallest absolute Gasteiger partial charge is 0.128 e. The summed E-state index contributed by atoms with van der Waals surface area (Å²) in [6.45, 7) is -0.359. The molecule has 0 radical (unpaired) electrons. The quantitative estimate of drug-likeness (QED) is 0.863. The molecule has 0 saturated carbocycles. The van der Waals surface area contributed by atoms with E-state index < -0.39 is 5.82 Å². The number of hydrogen-bond donors (Lipinski definition) is 1. The van der Waals surface area contributed by atoms with Crippen molar-refractivity contribution in [2.45, 2.75) is 6.61 Å². The monoisotopic (exact) mass is 270 g/mol. The Labute approximate surface area is 108 Å². The Balaban J connectivity index is 2.61. The summed E-state index contributed by atoms with van der Waals surface area (Å²) < 4.78 is 13.3. The second kappa shape index (κ2) is 5.05. The molecule has 2 aromatic rings. The topological polar surface area (TPSA) is 20.2 Å². The van der Waals surface area contributed by atoms with E-state index >= 15 is 0 Å². The van der Waals surface area contributed by atoms with Gasteiger partial charge in [0.1, 0.15) is 5.82 Å². The summed E-state index contributed by atoms with van der Waals surface area (Å²) in [5.41, 5.74) is 1.55. The van der Waals surface area contributed by atoms with Crippen LogP contribution < -0.4 is 0 Å². The first kappa shape index (κ1) is 12.4. The van der Waals surface area contributed by atoms with Gasteiger partial charge >= 0.3 is 0 Å². The van der Waals surface area contributed by atoms with Gasteiger partial charge in [0.05, 0.1) is 6.61 Å². The lowest BCUT2D eigenvalue weighted by Gasteiger charge is -2.09. The van der Waals surface area contributed by atoms with Gasteiger partial charge in [-0.25, -0.2) is 4.39 Å². The molecule has 0 heterocycles. The SMILES string of the molecule is OCc1cc(-c2c(Cl)cccc2Cl)ccc1F. The molecular weight excluding hydrogens is 262 g/mol. The Hall–Kier alpha value is -1.09. The lowest BCUT2D eigenvalue weighted by Crippen LogP contribution is -1.91. The normalized spacial score (nSPS) is 10.6. The summed E-state index contributed by atoms with van der Waals surface area (Å²) >= 11 is 12.1. The van der Waals surface area contributed by atoms with Gasteiger partial charge in [-0.15, -0.1) is 0 Å². The van der Waals surface area contributed by atoms with Crippen molar-refractivity contribution < 1.29 is 9.50 Å². The minimum atomic E-state index is -0.445. The molecule has 4 heteroatoms. The molecule has 0 aliphatic rings. The fourth-order valence-corrected chi connectivity index (χ4v) is 2.24. The lowest BCUT2D eigenvalue weighted by atomic mass is 10.0. The van der Waals surface area contributed by atoms with Gasteiger partial charge in [0.2, 0.25) is 0 Å². The highest BCUT2D eigenvalue weighted by atomic mass is 35.5. The lowest BCUT2D eigenvalue weighted by molar-refractivity contribution is 0.276. The van der Waals surface area contributed by atoms with Gasteiger partial charge in [0, 0.05) is 21.2 Å². The van der Waals surface area contributed by atoms with Crippen molar-refractivity contribution in [3.05, 3.63) is 57.8 Å². The third-order valence-electron chi connectivity index (χ3n) is 2.47. The van der Waals surface area contributed by atoms with Crippen molar-refractivity contribution in [3.63, 3.8) is 0 Å². The number of rotatable bonds is 2. The highest BCUT2D eigenvalue weighted by Gasteiger charge is 2.10. The van der Waals surface area contributed by atoms with E-state index in [2.05, 4.69) is 0 Å². The molecule has 17 heavy (non-hydrogen) atoms. The summed E-state index contributed by atoms with van der Waals surface area (Å²) in [7, 11) is 0. The molecule has 0 spiro atoms. The predicted molar refractivity (Wildman–Crippen MR) is 67.8 cm³/mol. The molecule has 2 rings (SSSR count). The Morgan fingerprint density at radius 1 is 1.06 bits per heavy atom. The summed E-state index contributed by atoms with van der Waals surface area (Å²) in [5.74, 6) is -0.445. The summed E-state index contributed by atoms with van der Waals surface area (Å²) in [5, 5.41) is 10.0. The van der Waals surface area contributed by atoms with Crippen molar-refractivity contribution >= 4 is 23.2 Å². The van der Waals surface area contributed by atoms with E-state index in [-0.39, 0.29) is 12.2 Å². The van der Waals surface area contributed by atoms with Gasteiger partial charge in [0.25, 0.3) is 0 Å². The van der Waals surface area contributed by atoms with Crippen molar-refractivity contribution in [3.8, 4) is 11.1 Å². The first-order valence-electron chi connectivity index (χ1n) is 4.97. The zero-order chi connectivity index (χ0) is 12.4. The first-order chi connectivity index (χ1) is 8.13. The van der Waals surface area contributed by atoms with Crippen LogP contribution in [-0.2, 0) is 6.61 Å². The van der Waals surface area contributed by atoms with Crippen LogP contribution in [0.5, 0.6) is 0 Å². The zero-order valence-corrected chi connectivity index (χ0v) is 10.3. The van der Waals surface area contributed by atoms with E-state index in [0.717, 1.165) is 0 Å². The van der Waals surface area contributed by atoms with E-state index in [9.17, 15) is 4.39 Å². The molecule has 0 aliphatic carbocycles. The molecule has 88 valence electrons. The second-order valence-electron chi connectivity index (χ2n) is 3.56. The highest BCUT2D eigenvalue weighted by Crippen LogP contribution is 2.35. The Morgan fingerprint density at radius 3 is 2.29 bits per heavy atom. The molecule has 0 unspecified atom stereocenters. The van der Waals surface area contributed by atoms with E-state index in [1.807, 2.05) is 0 Å². The third kappa shape index (κ3) is 2.44. The Bertz CT molecular complexity index is 535. The predicted octanol–water partition coefficient (Wildman–Crippen LogP) is 4.29. The van der Waals surface area contributed by atoms with Crippen LogP contribution in [0.4, 0.5) is 4.39 Å². The fourth-order valence-electron chi connectivity index (χ4n) is 1.63. The summed E-state index contributed by atoms with van der Waals surface area (Å²) in [6, 6.07) is 9.59. The minimum Gasteiger partial charge on any atom is -0.392 e. The number of benzene rings is 2. The van der Waals surface area contributed by atoms with Gasteiger partial charge in [-0.05, 0) is 29.8 Å². The molecule has 0 amide bonds. The molecule has 2 aromatic carbocycles. The molecule has 0 atom stereocenters. The standard InChI is InChI=1S/C13H9Cl2FO/c14-10-2-1-3-11(15)13(10)8-4-5-12(16)9(6-8)7-17/h1-6,17H,7H2. The van der Waals surface area contributed by atoms with Crippen molar-refractivity contribution in [1.82, 2.24) is 0 Å². The van der Waals surface area contributed by atoms with E-state index in [1.54, 1.807) is 30.3 Å². The van der Waals surface area contributed by atoms with Crippen LogP contribution in [-0.4, -0.2) is 5.11 Å². The van der Waals surface area contributed by atoms with Gasteiger partial charge in [-0.3, -0.25) is 0 Å². The molecule has 1 nitrogen and oxygen atoms in total. The van der Waals surface area contributed by atoms with Gasteiger partial charge in [-0.1, -0.05) is 35.3 Å². The van der Waals surface area contributed by atoms with Crippen molar-refractivity contribution in [2.75, 3.05) is 0 Å². The minimum absolute atomic E-state index is 0.221. The molecule has 1 N–H and O–H groups in total. The van der Waals surface area contributed by atoms with Crippen LogP contribution in [0.15, 0.2) is 36.4 Å². The molecule has 0 aliphatic heterocycles. The van der Waals surface area contributed by atoms with Crippen LogP contribution >= 0.6 is 23.2 Å². The maximum Gasteiger partial charge on any atom is 0.128 e. The van der Waals surface area contributed by atoms with Crippen LogP contribution in [0.25, 0.3) is 11.1 Å². The van der Waals surface area contributed by atoms with Gasteiger partial charge in [-0.2, -0.15) is 0 Å². The average molecular weight is 271 g/mol. The van der Waals surface area contributed by atoms with Gasteiger partial charge in [0.15, 0.2) is 0 Å². The van der Waals surface area contributed by atoms with Crippen LogP contribution in [0, 0.1) is 5.82 Å². The van der Waals surface area contributed by atoms with Gasteiger partial charge < -0.3 is 5.11 Å². The Kier molecular flexibility index (Phi) is 3.67. The van der Waals surface area contributed by atoms with Crippen LogP contribution in [0.2, 0.25) is 10.0 Å².